The number of aromatic nitrogens is 3. The maximum Gasteiger partial charge on any atom is 0.209 e. The number of thiazole rings is 1. The number of anilines is 1. The van der Waals surface area contributed by atoms with Gasteiger partial charge in [-0.3, -0.25) is 0 Å². The van der Waals surface area contributed by atoms with Gasteiger partial charge in [-0.25, -0.2) is 4.98 Å². The summed E-state index contributed by atoms with van der Waals surface area (Å²) in [4.78, 5) is 7.67. The highest BCUT2D eigenvalue weighted by Crippen LogP contribution is 2.25. The van der Waals surface area contributed by atoms with Crippen molar-refractivity contribution in [2.45, 2.75) is 19.9 Å². The lowest BCUT2D eigenvalue weighted by Crippen LogP contribution is -2.15. The highest BCUT2D eigenvalue weighted by molar-refractivity contribution is 9.11. The molecule has 2 aromatic rings. The number of nitrogens with zero attached hydrogens (tertiary/aromatic N) is 4. The van der Waals surface area contributed by atoms with Crippen molar-refractivity contribution in [3.8, 4) is 0 Å². The number of halogens is 1. The fraction of sp³-hybridized carbons (Fsp3) is 0.444. The van der Waals surface area contributed by atoms with E-state index in [0.717, 1.165) is 22.0 Å². The van der Waals surface area contributed by atoms with Gasteiger partial charge >= 0.3 is 0 Å². The van der Waals surface area contributed by atoms with Crippen molar-refractivity contribution in [3.63, 3.8) is 0 Å². The Labute approximate surface area is 110 Å². The Morgan fingerprint density at radius 1 is 1.38 bits per heavy atom. The fourth-order valence-corrected chi connectivity index (χ4v) is 3.20. The summed E-state index contributed by atoms with van der Waals surface area (Å²) in [5, 5.41) is 10.1. The van der Waals surface area contributed by atoms with E-state index in [1.54, 1.807) is 11.3 Å². The molecular weight excluding hydrogens is 308 g/mol. The van der Waals surface area contributed by atoms with Gasteiger partial charge in [0.2, 0.25) is 5.13 Å². The number of hydrogen-bond acceptors (Lipinski definition) is 6. The first-order chi connectivity index (χ1) is 7.69. The Balaban J connectivity index is 2.04. The van der Waals surface area contributed by atoms with Crippen LogP contribution in [0.1, 0.15) is 16.8 Å². The van der Waals surface area contributed by atoms with E-state index in [1.165, 1.54) is 21.2 Å². The van der Waals surface area contributed by atoms with E-state index in [-0.39, 0.29) is 0 Å². The maximum atomic E-state index is 4.34. The highest BCUT2D eigenvalue weighted by atomic mass is 79.9. The van der Waals surface area contributed by atoms with E-state index in [2.05, 4.69) is 42.9 Å². The van der Waals surface area contributed by atoms with Gasteiger partial charge in [0.05, 0.1) is 11.6 Å². The quantitative estimate of drug-likeness (QED) is 0.869. The molecule has 0 saturated carbocycles. The average molecular weight is 319 g/mol. The van der Waals surface area contributed by atoms with Gasteiger partial charge in [-0.2, -0.15) is 0 Å². The van der Waals surface area contributed by atoms with Crippen LogP contribution in [0.5, 0.6) is 0 Å². The molecule has 2 rings (SSSR count). The van der Waals surface area contributed by atoms with Crippen LogP contribution in [0, 0.1) is 0 Å². The van der Waals surface area contributed by atoms with Crippen LogP contribution in [0.15, 0.2) is 10.1 Å². The number of hydrogen-bond donors (Lipinski definition) is 0. The largest absolute Gasteiger partial charge is 0.344 e. The van der Waals surface area contributed by atoms with Crippen LogP contribution in [0.2, 0.25) is 0 Å². The first-order valence-electron chi connectivity index (χ1n) is 4.82. The zero-order valence-corrected chi connectivity index (χ0v) is 12.2. The van der Waals surface area contributed by atoms with Gasteiger partial charge in [0, 0.05) is 18.1 Å². The lowest BCUT2D eigenvalue weighted by Gasteiger charge is -2.12. The van der Waals surface area contributed by atoms with Crippen molar-refractivity contribution in [1.29, 1.82) is 0 Å². The highest BCUT2D eigenvalue weighted by Gasteiger charge is 2.09. The summed E-state index contributed by atoms with van der Waals surface area (Å²) in [7, 11) is 2.01. The number of rotatable bonds is 4. The molecule has 2 heterocycles. The molecule has 0 aromatic carbocycles. The molecule has 0 aliphatic heterocycles. The molecule has 0 fully saturated rings. The average Bonchev–Trinajstić information content (AvgIpc) is 2.87. The van der Waals surface area contributed by atoms with Gasteiger partial charge in [-0.15, -0.1) is 21.5 Å². The minimum Gasteiger partial charge on any atom is -0.344 e. The van der Waals surface area contributed by atoms with Crippen LogP contribution in [-0.4, -0.2) is 22.2 Å². The molecule has 16 heavy (non-hydrogen) atoms. The van der Waals surface area contributed by atoms with Crippen LogP contribution in [-0.2, 0) is 13.0 Å². The van der Waals surface area contributed by atoms with E-state index in [9.17, 15) is 0 Å². The van der Waals surface area contributed by atoms with Crippen LogP contribution in [0.3, 0.4) is 0 Å². The van der Waals surface area contributed by atoms with Crippen molar-refractivity contribution < 1.29 is 0 Å². The van der Waals surface area contributed by atoms with Crippen molar-refractivity contribution in [1.82, 2.24) is 15.2 Å². The van der Waals surface area contributed by atoms with Crippen molar-refractivity contribution in [3.05, 3.63) is 20.0 Å². The third kappa shape index (κ3) is 2.78. The van der Waals surface area contributed by atoms with E-state index in [4.69, 9.17) is 0 Å². The molecule has 2 aromatic heterocycles. The normalized spacial score (nSPS) is 10.7. The molecule has 0 saturated heterocycles. The molecule has 0 bridgehead atoms. The van der Waals surface area contributed by atoms with Gasteiger partial charge < -0.3 is 4.90 Å². The summed E-state index contributed by atoms with van der Waals surface area (Å²) in [6, 6.07) is 0. The molecule has 0 aliphatic rings. The lowest BCUT2D eigenvalue weighted by molar-refractivity contribution is 0.902. The fourth-order valence-electron chi connectivity index (χ4n) is 1.24. The van der Waals surface area contributed by atoms with Crippen molar-refractivity contribution in [2.24, 2.45) is 0 Å². The molecule has 0 spiro atoms. The summed E-state index contributed by atoms with van der Waals surface area (Å²) in [5.74, 6) is 0. The summed E-state index contributed by atoms with van der Waals surface area (Å²) >= 11 is 6.60. The topological polar surface area (TPSA) is 41.9 Å². The second-order valence-electron chi connectivity index (χ2n) is 3.27. The minimum absolute atomic E-state index is 0.813. The van der Waals surface area contributed by atoms with Gasteiger partial charge in [0.15, 0.2) is 3.92 Å². The Morgan fingerprint density at radius 2 is 2.19 bits per heavy atom. The first kappa shape index (κ1) is 11.9. The molecular formula is C9H11BrN4S2. The first-order valence-corrected chi connectivity index (χ1v) is 7.25. The van der Waals surface area contributed by atoms with Crippen molar-refractivity contribution in [2.75, 3.05) is 11.9 Å². The van der Waals surface area contributed by atoms with E-state index in [1.807, 2.05) is 13.2 Å². The van der Waals surface area contributed by atoms with Gasteiger partial charge in [-0.05, 0) is 22.4 Å². The molecule has 0 aliphatic carbocycles. The third-order valence-corrected chi connectivity index (χ3v) is 4.61. The second kappa shape index (κ2) is 5.20. The van der Waals surface area contributed by atoms with Gasteiger partial charge in [0.1, 0.15) is 0 Å². The standard InChI is InChI=1S/C9H11BrN4S2/c1-3-7-11-4-6(15-7)5-14(2)9-13-12-8(10)16-9/h4H,3,5H2,1-2H3. The lowest BCUT2D eigenvalue weighted by atomic mass is 10.5. The van der Waals surface area contributed by atoms with Gasteiger partial charge in [0.25, 0.3) is 0 Å². The maximum absolute atomic E-state index is 4.34. The molecule has 0 radical (unpaired) electrons. The molecule has 86 valence electrons. The Kier molecular flexibility index (Phi) is 3.88. The summed E-state index contributed by atoms with van der Waals surface area (Å²) in [6.07, 6.45) is 2.94. The van der Waals surface area contributed by atoms with Crippen LogP contribution in [0.4, 0.5) is 5.13 Å². The zero-order valence-electron chi connectivity index (χ0n) is 8.97. The Hall–Kier alpha value is -0.530. The predicted octanol–water partition coefficient (Wildman–Crippen LogP) is 2.96. The van der Waals surface area contributed by atoms with Crippen LogP contribution in [0.25, 0.3) is 0 Å². The molecule has 7 heteroatoms. The van der Waals surface area contributed by atoms with E-state index in [0.29, 0.717) is 0 Å². The number of aryl methyl sites for hydroxylation is 1. The van der Waals surface area contributed by atoms with Crippen LogP contribution < -0.4 is 4.90 Å². The van der Waals surface area contributed by atoms with E-state index < -0.39 is 0 Å². The Morgan fingerprint density at radius 3 is 2.75 bits per heavy atom. The summed E-state index contributed by atoms with van der Waals surface area (Å²) in [6.45, 7) is 2.95. The minimum atomic E-state index is 0.813. The Bertz CT molecular complexity index is 468. The van der Waals surface area contributed by atoms with Crippen molar-refractivity contribution >= 4 is 43.7 Å². The van der Waals surface area contributed by atoms with Crippen LogP contribution >= 0.6 is 38.6 Å². The third-order valence-electron chi connectivity index (χ3n) is 2.01. The van der Waals surface area contributed by atoms with E-state index >= 15 is 0 Å². The molecule has 4 nitrogen and oxygen atoms in total. The molecule has 0 amide bonds. The summed E-state index contributed by atoms with van der Waals surface area (Å²) < 4.78 is 0.813. The zero-order chi connectivity index (χ0) is 11.5. The summed E-state index contributed by atoms with van der Waals surface area (Å²) in [5.41, 5.74) is 0. The second-order valence-corrected chi connectivity index (χ2v) is 6.70. The van der Waals surface area contributed by atoms with Gasteiger partial charge in [-0.1, -0.05) is 18.3 Å². The SMILES string of the molecule is CCc1ncc(CN(C)c2nnc(Br)s2)s1. The molecule has 0 N–H and O–H groups in total. The smallest absolute Gasteiger partial charge is 0.209 e. The monoisotopic (exact) mass is 318 g/mol. The predicted molar refractivity (Wildman–Crippen MR) is 71.2 cm³/mol. The molecule has 0 atom stereocenters. The molecule has 0 unspecified atom stereocenters.